The molecule has 2 aliphatic heterocycles. The summed E-state index contributed by atoms with van der Waals surface area (Å²) >= 11 is 4.83. The number of anilines is 1. The SMILES string of the molecule is CC1(C)C(/C=C/C2=C(Oc3ccc(N=C=S)cc3)C(=C/C=C/C3N(CCCS(=O)(=O)[O-])c4ccc5ccccc5c4C3(C)C)/CCC2)=[N+](CCCS(=O)(=O)[O-])c2ccc3ccccc3c21. The highest BCUT2D eigenvalue weighted by atomic mass is 32.2. The standard InChI is InChI=1S/C52H53N3O7S3/c1-51(2)46(54(31-11-33-64(56,57)58)44-28-21-36-13-5-7-18-42(36)48(44)51)20-10-17-38-15-9-16-39(50(38)62-41-26-24-40(25-27-41)53-35-63)23-30-47-52(3,4)49-43-19-8-6-14-37(43)22-29-45(49)55(47)32-12-34-65(59,60)61/h5-8,10,13-14,17-30,46H,9,11-12,15-16,31-34H2,1-4H3,(H-,56,57,58,59,60,61)/p-1/b20-10+,30-23+,38-17+. The van der Waals surface area contributed by atoms with Crippen molar-refractivity contribution in [2.24, 2.45) is 4.99 Å². The lowest BCUT2D eigenvalue weighted by Gasteiger charge is -2.32. The van der Waals surface area contributed by atoms with Gasteiger partial charge in [-0.25, -0.2) is 16.8 Å². The Morgan fingerprint density at radius 2 is 1.46 bits per heavy atom. The highest BCUT2D eigenvalue weighted by Crippen LogP contribution is 2.49. The maximum absolute atomic E-state index is 11.7. The summed E-state index contributed by atoms with van der Waals surface area (Å²) in [4.78, 5) is 6.34. The zero-order valence-corrected chi connectivity index (χ0v) is 39.4. The predicted octanol–water partition coefficient (Wildman–Crippen LogP) is 10.7. The van der Waals surface area contributed by atoms with E-state index >= 15 is 0 Å². The van der Waals surface area contributed by atoms with Gasteiger partial charge in [-0.1, -0.05) is 86.7 Å². The van der Waals surface area contributed by atoms with Crippen LogP contribution in [0.4, 0.5) is 17.1 Å². The van der Waals surface area contributed by atoms with Crippen LogP contribution >= 0.6 is 12.2 Å². The Balaban J connectivity index is 1.20. The molecule has 0 radical (unpaired) electrons. The summed E-state index contributed by atoms with van der Waals surface area (Å²) in [7, 11) is -8.78. The van der Waals surface area contributed by atoms with Crippen LogP contribution in [-0.2, 0) is 31.1 Å². The molecule has 5 aromatic rings. The molecule has 65 heavy (non-hydrogen) atoms. The van der Waals surface area contributed by atoms with Gasteiger partial charge in [0.1, 0.15) is 18.1 Å². The average molecular weight is 927 g/mol. The zero-order valence-electron chi connectivity index (χ0n) is 37.0. The van der Waals surface area contributed by atoms with Gasteiger partial charge in [0, 0.05) is 53.3 Å². The van der Waals surface area contributed by atoms with Gasteiger partial charge in [-0.05, 0) is 132 Å². The van der Waals surface area contributed by atoms with Gasteiger partial charge < -0.3 is 18.7 Å². The molecule has 5 aromatic carbocycles. The Labute approximate surface area is 387 Å². The molecule has 1 atom stereocenters. The van der Waals surface area contributed by atoms with Crippen LogP contribution in [0.3, 0.4) is 0 Å². The first kappa shape index (κ1) is 46.0. The largest absolute Gasteiger partial charge is 0.748 e. The number of benzene rings is 5. The van der Waals surface area contributed by atoms with E-state index < -0.39 is 37.2 Å². The topological polar surface area (TPSA) is 142 Å². The van der Waals surface area contributed by atoms with Gasteiger partial charge in [0.15, 0.2) is 5.71 Å². The van der Waals surface area contributed by atoms with Crippen molar-refractivity contribution in [2.45, 2.75) is 76.7 Å². The molecule has 0 aromatic heterocycles. The van der Waals surface area contributed by atoms with Gasteiger partial charge >= 0.3 is 0 Å². The molecule has 0 spiro atoms. The molecular formula is C52H52N3O7S3-. The van der Waals surface area contributed by atoms with Crippen LogP contribution in [0.5, 0.6) is 5.75 Å². The van der Waals surface area contributed by atoms with Crippen molar-refractivity contribution in [3.05, 3.63) is 155 Å². The molecule has 1 unspecified atom stereocenters. The zero-order chi connectivity index (χ0) is 46.1. The Morgan fingerprint density at radius 1 is 0.815 bits per heavy atom. The van der Waals surface area contributed by atoms with Crippen molar-refractivity contribution in [1.82, 2.24) is 0 Å². The van der Waals surface area contributed by atoms with Crippen molar-refractivity contribution in [3.8, 4) is 5.75 Å². The second-order valence-corrected chi connectivity index (χ2v) is 21.3. The number of isothiocyanates is 1. The Hall–Kier alpha value is -5.53. The minimum atomic E-state index is -4.40. The summed E-state index contributed by atoms with van der Waals surface area (Å²) in [5, 5.41) is 6.91. The van der Waals surface area contributed by atoms with E-state index in [1.54, 1.807) is 0 Å². The van der Waals surface area contributed by atoms with E-state index in [4.69, 9.17) is 17.0 Å². The molecular weight excluding hydrogens is 875 g/mol. The third-order valence-electron chi connectivity index (χ3n) is 13.0. The van der Waals surface area contributed by atoms with Crippen LogP contribution in [0.2, 0.25) is 0 Å². The highest BCUT2D eigenvalue weighted by molar-refractivity contribution is 7.85. The van der Waals surface area contributed by atoms with Crippen LogP contribution in [0.25, 0.3) is 21.5 Å². The first-order valence-electron chi connectivity index (χ1n) is 21.9. The summed E-state index contributed by atoms with van der Waals surface area (Å²) in [6.45, 7) is 9.55. The number of thiocarbonyl (C=S) groups is 1. The van der Waals surface area contributed by atoms with E-state index in [0.29, 0.717) is 24.5 Å². The third-order valence-corrected chi connectivity index (χ3v) is 14.7. The van der Waals surface area contributed by atoms with Crippen molar-refractivity contribution < 1.29 is 35.3 Å². The van der Waals surface area contributed by atoms with Crippen LogP contribution in [0.15, 0.2) is 149 Å². The predicted molar refractivity (Wildman–Crippen MR) is 262 cm³/mol. The van der Waals surface area contributed by atoms with E-state index in [1.807, 2.05) is 48.5 Å². The van der Waals surface area contributed by atoms with E-state index in [1.165, 1.54) is 5.56 Å². The summed E-state index contributed by atoms with van der Waals surface area (Å²) in [5.41, 5.74) is 7.13. The van der Waals surface area contributed by atoms with Gasteiger partial charge in [-0.15, -0.1) is 0 Å². The molecule has 336 valence electrons. The fourth-order valence-corrected chi connectivity index (χ4v) is 11.2. The van der Waals surface area contributed by atoms with E-state index in [9.17, 15) is 25.9 Å². The maximum atomic E-state index is 11.7. The Bertz CT molecular complexity index is 3120. The van der Waals surface area contributed by atoms with Gasteiger partial charge in [0.25, 0.3) is 0 Å². The molecule has 0 saturated heterocycles. The number of hydrogen-bond donors (Lipinski definition) is 0. The molecule has 0 N–H and O–H groups in total. The minimum absolute atomic E-state index is 0.151. The molecule has 0 bridgehead atoms. The second kappa shape index (κ2) is 18.4. The Kier molecular flexibility index (Phi) is 13.0. The summed E-state index contributed by atoms with van der Waals surface area (Å²) in [6.07, 6.45) is 13.3. The number of ether oxygens (including phenoxy) is 1. The minimum Gasteiger partial charge on any atom is -0.748 e. The lowest BCUT2D eigenvalue weighted by Crippen LogP contribution is -2.40. The van der Waals surface area contributed by atoms with Crippen LogP contribution in [0.1, 0.15) is 70.9 Å². The number of aliphatic imine (C=N–C) groups is 1. The lowest BCUT2D eigenvalue weighted by molar-refractivity contribution is -0.437. The normalized spacial score (nSPS) is 18.9. The fourth-order valence-electron chi connectivity index (χ4n) is 10.1. The molecule has 2 heterocycles. The molecule has 8 rings (SSSR count). The van der Waals surface area contributed by atoms with Crippen molar-refractivity contribution in [2.75, 3.05) is 29.5 Å². The third kappa shape index (κ3) is 9.72. The van der Waals surface area contributed by atoms with Gasteiger partial charge in [-0.2, -0.15) is 9.57 Å². The van der Waals surface area contributed by atoms with E-state index in [0.717, 1.165) is 80.4 Å². The van der Waals surface area contributed by atoms with Crippen molar-refractivity contribution >= 4 is 81.9 Å². The first-order chi connectivity index (χ1) is 31.0. The first-order valence-corrected chi connectivity index (χ1v) is 25.5. The number of hydrogen-bond acceptors (Lipinski definition) is 10. The summed E-state index contributed by atoms with van der Waals surface area (Å²) in [6, 6.07) is 32.1. The summed E-state index contributed by atoms with van der Waals surface area (Å²) in [5.74, 6) is 0.457. The molecule has 3 aliphatic rings. The van der Waals surface area contributed by atoms with Gasteiger partial charge in [0.05, 0.1) is 42.5 Å². The maximum Gasteiger partial charge on any atom is 0.210 e. The monoisotopic (exact) mass is 926 g/mol. The van der Waals surface area contributed by atoms with Gasteiger partial charge in [-0.3, -0.25) is 0 Å². The summed E-state index contributed by atoms with van der Waals surface area (Å²) < 4.78 is 79.3. The number of fused-ring (bicyclic) bond motifs is 6. The lowest BCUT2D eigenvalue weighted by atomic mass is 9.78. The van der Waals surface area contributed by atoms with Crippen molar-refractivity contribution in [1.29, 1.82) is 0 Å². The van der Waals surface area contributed by atoms with Crippen LogP contribution < -0.4 is 9.64 Å². The average Bonchev–Trinajstić information content (AvgIpc) is 3.61. The number of nitrogens with zero attached hydrogens (tertiary/aromatic N) is 3. The molecule has 0 fully saturated rings. The second-order valence-electron chi connectivity index (χ2n) is 18.0. The smallest absolute Gasteiger partial charge is 0.210 e. The number of rotatable bonds is 15. The molecule has 0 saturated carbocycles. The fraction of sp³-hybridized carbons (Fsp3) is 0.308. The van der Waals surface area contributed by atoms with Crippen molar-refractivity contribution in [3.63, 3.8) is 0 Å². The van der Waals surface area contributed by atoms with Gasteiger partial charge in [0.2, 0.25) is 5.69 Å². The molecule has 0 amide bonds. The Morgan fingerprint density at radius 3 is 2.14 bits per heavy atom. The van der Waals surface area contributed by atoms with E-state index in [-0.39, 0.29) is 24.3 Å². The van der Waals surface area contributed by atoms with E-state index in [2.05, 4.69) is 126 Å². The molecule has 1 aliphatic carbocycles. The quantitative estimate of drug-likeness (QED) is 0.0434. The van der Waals surface area contributed by atoms with Crippen LogP contribution in [-0.4, -0.2) is 72.0 Å². The number of allylic oxidation sites excluding steroid dienone is 6. The van der Waals surface area contributed by atoms with Crippen LogP contribution in [0, 0.1) is 0 Å². The highest BCUT2D eigenvalue weighted by Gasteiger charge is 2.46. The molecule has 13 heteroatoms. The molecule has 10 nitrogen and oxygen atoms in total.